The molecule has 1 saturated carbocycles. The van der Waals surface area contributed by atoms with Crippen molar-refractivity contribution in [3.05, 3.63) is 23.8 Å². The van der Waals surface area contributed by atoms with Gasteiger partial charge in [-0.05, 0) is 36.8 Å². The summed E-state index contributed by atoms with van der Waals surface area (Å²) in [4.78, 5) is 4.65. The molecule has 13 heavy (non-hydrogen) atoms. The predicted octanol–water partition coefficient (Wildman–Crippen LogP) is 2.74. The highest BCUT2D eigenvalue weighted by molar-refractivity contribution is 5.73. The minimum atomic E-state index is 0.378. The molecule has 3 unspecified atom stereocenters. The summed E-state index contributed by atoms with van der Waals surface area (Å²) >= 11 is 0. The van der Waals surface area contributed by atoms with Gasteiger partial charge in [0.25, 0.3) is 0 Å². The Morgan fingerprint density at radius 3 is 3.31 bits per heavy atom. The lowest BCUT2D eigenvalue weighted by Crippen LogP contribution is -2.29. The van der Waals surface area contributed by atoms with E-state index in [4.69, 9.17) is 0 Å². The second-order valence-corrected chi connectivity index (χ2v) is 4.63. The Bertz CT molecular complexity index is 324. The Kier molecular flexibility index (Phi) is 1.36. The van der Waals surface area contributed by atoms with E-state index in [9.17, 15) is 0 Å². The SMILES string of the molecule is CC12C3=CCC1CCC2N=CC=C3. The molecule has 0 spiro atoms. The number of nitrogens with zero attached hydrogens (tertiary/aromatic N) is 1. The molecule has 0 radical (unpaired) electrons. The van der Waals surface area contributed by atoms with E-state index in [2.05, 4.69) is 30.1 Å². The Morgan fingerprint density at radius 2 is 2.38 bits per heavy atom. The molecule has 3 aliphatic rings. The third kappa shape index (κ3) is 0.800. The zero-order valence-corrected chi connectivity index (χ0v) is 8.03. The third-order valence-electron chi connectivity index (χ3n) is 4.20. The molecular formula is C12H15N. The predicted molar refractivity (Wildman–Crippen MR) is 55.0 cm³/mol. The summed E-state index contributed by atoms with van der Waals surface area (Å²) < 4.78 is 0. The Hall–Kier alpha value is -0.850. The van der Waals surface area contributed by atoms with Crippen LogP contribution in [0.3, 0.4) is 0 Å². The third-order valence-corrected chi connectivity index (χ3v) is 4.20. The van der Waals surface area contributed by atoms with Crippen molar-refractivity contribution in [2.24, 2.45) is 16.3 Å². The van der Waals surface area contributed by atoms with Crippen LogP contribution in [0.2, 0.25) is 0 Å². The highest BCUT2D eigenvalue weighted by Gasteiger charge is 2.50. The summed E-state index contributed by atoms with van der Waals surface area (Å²) in [6, 6.07) is 0.557. The van der Waals surface area contributed by atoms with E-state index in [0.717, 1.165) is 5.92 Å². The summed E-state index contributed by atoms with van der Waals surface area (Å²) in [6.45, 7) is 2.40. The molecule has 0 saturated heterocycles. The van der Waals surface area contributed by atoms with Gasteiger partial charge in [0.2, 0.25) is 0 Å². The molecule has 3 atom stereocenters. The molecule has 1 aliphatic heterocycles. The van der Waals surface area contributed by atoms with Crippen LogP contribution in [0, 0.1) is 11.3 Å². The second kappa shape index (κ2) is 2.34. The first kappa shape index (κ1) is 7.54. The van der Waals surface area contributed by atoms with Gasteiger partial charge in [0.15, 0.2) is 0 Å². The first-order valence-electron chi connectivity index (χ1n) is 5.22. The van der Waals surface area contributed by atoms with Gasteiger partial charge in [-0.2, -0.15) is 0 Å². The molecule has 0 N–H and O–H groups in total. The maximum Gasteiger partial charge on any atom is 0.0596 e. The van der Waals surface area contributed by atoms with Crippen molar-refractivity contribution in [3.63, 3.8) is 0 Å². The fraction of sp³-hybridized carbons (Fsp3) is 0.583. The van der Waals surface area contributed by atoms with E-state index in [0.29, 0.717) is 11.5 Å². The Balaban J connectivity index is 2.14. The summed E-state index contributed by atoms with van der Waals surface area (Å²) in [6.07, 6.45) is 12.7. The molecule has 0 aromatic carbocycles. The number of allylic oxidation sites excluding steroid dienone is 3. The van der Waals surface area contributed by atoms with Gasteiger partial charge in [0.05, 0.1) is 6.04 Å². The van der Waals surface area contributed by atoms with E-state index in [1.165, 1.54) is 24.8 Å². The van der Waals surface area contributed by atoms with E-state index in [-0.39, 0.29) is 0 Å². The van der Waals surface area contributed by atoms with Crippen molar-refractivity contribution < 1.29 is 0 Å². The minimum absolute atomic E-state index is 0.378. The molecule has 0 aromatic heterocycles. The van der Waals surface area contributed by atoms with Gasteiger partial charge < -0.3 is 0 Å². The second-order valence-electron chi connectivity index (χ2n) is 4.63. The first-order valence-corrected chi connectivity index (χ1v) is 5.22. The van der Waals surface area contributed by atoms with Crippen LogP contribution >= 0.6 is 0 Å². The summed E-state index contributed by atoms with van der Waals surface area (Å²) in [7, 11) is 0. The smallest absolute Gasteiger partial charge is 0.0596 e. The van der Waals surface area contributed by atoms with E-state index in [1.807, 2.05) is 6.21 Å². The lowest BCUT2D eigenvalue weighted by atomic mass is 9.75. The molecule has 0 bridgehead atoms. The molecule has 1 fully saturated rings. The van der Waals surface area contributed by atoms with Crippen LogP contribution in [0.1, 0.15) is 26.2 Å². The minimum Gasteiger partial charge on any atom is -0.289 e. The maximum atomic E-state index is 4.65. The van der Waals surface area contributed by atoms with Gasteiger partial charge in [-0.15, -0.1) is 0 Å². The first-order chi connectivity index (χ1) is 6.32. The summed E-state index contributed by atoms with van der Waals surface area (Å²) in [5.74, 6) is 0.868. The van der Waals surface area contributed by atoms with E-state index in [1.54, 1.807) is 0 Å². The van der Waals surface area contributed by atoms with Gasteiger partial charge in [0, 0.05) is 11.6 Å². The average Bonchev–Trinajstić information content (AvgIpc) is 2.54. The molecule has 0 aromatic rings. The largest absolute Gasteiger partial charge is 0.289 e. The monoisotopic (exact) mass is 173 g/mol. The zero-order chi connectivity index (χ0) is 8.89. The van der Waals surface area contributed by atoms with Crippen molar-refractivity contribution in [3.8, 4) is 0 Å². The highest BCUT2D eigenvalue weighted by Crippen LogP contribution is 2.56. The van der Waals surface area contributed by atoms with Gasteiger partial charge in [0.1, 0.15) is 0 Å². The Morgan fingerprint density at radius 1 is 1.46 bits per heavy atom. The van der Waals surface area contributed by atoms with Gasteiger partial charge in [-0.25, -0.2) is 0 Å². The van der Waals surface area contributed by atoms with Crippen LogP contribution in [-0.2, 0) is 0 Å². The van der Waals surface area contributed by atoms with E-state index < -0.39 is 0 Å². The van der Waals surface area contributed by atoms with Crippen LogP contribution < -0.4 is 0 Å². The highest BCUT2D eigenvalue weighted by atomic mass is 14.8. The van der Waals surface area contributed by atoms with Crippen molar-refractivity contribution >= 4 is 6.21 Å². The van der Waals surface area contributed by atoms with Crippen LogP contribution in [0.25, 0.3) is 0 Å². The summed E-state index contributed by atoms with van der Waals surface area (Å²) in [5.41, 5.74) is 1.92. The molecular weight excluding hydrogens is 158 g/mol. The van der Waals surface area contributed by atoms with Gasteiger partial charge in [-0.3, -0.25) is 4.99 Å². The number of hydrogen-bond donors (Lipinski definition) is 0. The lowest BCUT2D eigenvalue weighted by Gasteiger charge is -2.30. The molecule has 68 valence electrons. The molecule has 2 aliphatic carbocycles. The number of hydrogen-bond acceptors (Lipinski definition) is 1. The summed E-state index contributed by atoms with van der Waals surface area (Å²) in [5, 5.41) is 0. The maximum absolute atomic E-state index is 4.65. The number of rotatable bonds is 0. The zero-order valence-electron chi connectivity index (χ0n) is 8.03. The lowest BCUT2D eigenvalue weighted by molar-refractivity contribution is 0.292. The van der Waals surface area contributed by atoms with E-state index >= 15 is 0 Å². The number of aliphatic imine (C=N–C) groups is 1. The topological polar surface area (TPSA) is 12.4 Å². The van der Waals surface area contributed by atoms with Crippen LogP contribution in [0.15, 0.2) is 28.8 Å². The van der Waals surface area contributed by atoms with Gasteiger partial charge >= 0.3 is 0 Å². The van der Waals surface area contributed by atoms with Crippen molar-refractivity contribution in [1.29, 1.82) is 0 Å². The van der Waals surface area contributed by atoms with Gasteiger partial charge in [-0.1, -0.05) is 19.1 Å². The van der Waals surface area contributed by atoms with Crippen LogP contribution in [-0.4, -0.2) is 12.3 Å². The molecule has 1 heteroatoms. The van der Waals surface area contributed by atoms with Crippen LogP contribution in [0.4, 0.5) is 0 Å². The average molecular weight is 173 g/mol. The fourth-order valence-electron chi connectivity index (χ4n) is 3.29. The molecule has 3 rings (SSSR count). The standard InChI is InChI=1S/C12H15N/c1-12-9-3-2-8-13-11(12)7-6-10(12)5-4-9/h2-4,8,10-11H,5-7H2,1H3. The molecule has 0 amide bonds. The molecule has 1 nitrogen and oxygen atoms in total. The fourth-order valence-corrected chi connectivity index (χ4v) is 3.29. The van der Waals surface area contributed by atoms with Crippen molar-refractivity contribution in [2.75, 3.05) is 0 Å². The normalized spacial score (nSPS) is 46.1. The Labute approximate surface area is 79.3 Å². The van der Waals surface area contributed by atoms with Crippen molar-refractivity contribution in [1.82, 2.24) is 0 Å². The van der Waals surface area contributed by atoms with Crippen molar-refractivity contribution in [2.45, 2.75) is 32.2 Å². The van der Waals surface area contributed by atoms with Crippen LogP contribution in [0.5, 0.6) is 0 Å². The quantitative estimate of drug-likeness (QED) is 0.534. The molecule has 1 heterocycles.